The zero-order chi connectivity index (χ0) is 19.3. The number of rotatable bonds is 5. The summed E-state index contributed by atoms with van der Waals surface area (Å²) in [5.41, 5.74) is 1.12. The van der Waals surface area contributed by atoms with Crippen molar-refractivity contribution >= 4 is 29.9 Å². The summed E-state index contributed by atoms with van der Waals surface area (Å²) in [6, 6.07) is 6.57. The fourth-order valence-electron chi connectivity index (χ4n) is 3.55. The van der Waals surface area contributed by atoms with Crippen molar-refractivity contribution in [1.82, 2.24) is 15.1 Å². The summed E-state index contributed by atoms with van der Waals surface area (Å²) in [5, 5.41) is 3.52. The van der Waals surface area contributed by atoms with Gasteiger partial charge in [-0.2, -0.15) is 0 Å². The minimum atomic E-state index is -0.227. The fourth-order valence-corrected chi connectivity index (χ4v) is 3.55. The second-order valence-electron chi connectivity index (χ2n) is 8.19. The van der Waals surface area contributed by atoms with Crippen LogP contribution in [0.3, 0.4) is 0 Å². The molecule has 0 aliphatic carbocycles. The maximum Gasteiger partial charge on any atom is 0.193 e. The molecule has 2 unspecified atom stereocenters. The average Bonchev–Trinajstić information content (AvgIpc) is 2.54. The van der Waals surface area contributed by atoms with Crippen molar-refractivity contribution in [2.24, 2.45) is 10.4 Å². The van der Waals surface area contributed by atoms with Crippen molar-refractivity contribution in [3.8, 4) is 0 Å². The van der Waals surface area contributed by atoms with Crippen molar-refractivity contribution in [3.63, 3.8) is 0 Å². The van der Waals surface area contributed by atoms with E-state index < -0.39 is 0 Å². The third-order valence-corrected chi connectivity index (χ3v) is 4.48. The lowest BCUT2D eigenvalue weighted by atomic mass is 9.93. The predicted molar refractivity (Wildman–Crippen MR) is 120 cm³/mol. The highest BCUT2D eigenvalue weighted by molar-refractivity contribution is 14.0. The average molecular weight is 492 g/mol. The van der Waals surface area contributed by atoms with Crippen molar-refractivity contribution in [2.45, 2.75) is 33.0 Å². The molecule has 7 heteroatoms. The van der Waals surface area contributed by atoms with Gasteiger partial charge in [0.1, 0.15) is 11.9 Å². The Hall–Kier alpha value is -0.930. The Kier molecular flexibility index (Phi) is 9.44. The standard InChI is InChI=1S/C20H33FN4O.HI/c1-15-11-25(12-18(26-15)16-7-9-17(21)10-8-16)19(22-4)23-13-20(2,3)14-24(5)6;/h7-10,15,18H,11-14H2,1-6H3,(H,22,23);1H. The van der Waals surface area contributed by atoms with E-state index in [1.807, 2.05) is 7.05 Å². The number of benzene rings is 1. The van der Waals surface area contributed by atoms with Crippen molar-refractivity contribution in [2.75, 3.05) is 47.3 Å². The van der Waals surface area contributed by atoms with E-state index in [1.165, 1.54) is 12.1 Å². The second-order valence-corrected chi connectivity index (χ2v) is 8.19. The molecule has 5 nitrogen and oxygen atoms in total. The Morgan fingerprint density at radius 3 is 2.48 bits per heavy atom. The van der Waals surface area contributed by atoms with Crippen molar-refractivity contribution in [1.29, 1.82) is 0 Å². The number of morpholine rings is 1. The van der Waals surface area contributed by atoms with Gasteiger partial charge in [-0.15, -0.1) is 24.0 Å². The van der Waals surface area contributed by atoms with Crippen LogP contribution in [-0.2, 0) is 4.74 Å². The Labute approximate surface area is 180 Å². The zero-order valence-electron chi connectivity index (χ0n) is 17.3. The molecule has 0 amide bonds. The van der Waals surface area contributed by atoms with Gasteiger partial charge >= 0.3 is 0 Å². The molecule has 154 valence electrons. The maximum absolute atomic E-state index is 13.2. The number of hydrogen-bond acceptors (Lipinski definition) is 3. The molecule has 0 aromatic heterocycles. The third kappa shape index (κ3) is 7.54. The van der Waals surface area contributed by atoms with Gasteiger partial charge in [-0.05, 0) is 44.1 Å². The summed E-state index contributed by atoms with van der Waals surface area (Å²) in [6.07, 6.45) is -0.0141. The smallest absolute Gasteiger partial charge is 0.193 e. The topological polar surface area (TPSA) is 40.1 Å². The first-order chi connectivity index (χ1) is 12.2. The highest BCUT2D eigenvalue weighted by atomic mass is 127. The minimum absolute atomic E-state index is 0. The van der Waals surface area contributed by atoms with Crippen molar-refractivity contribution < 1.29 is 9.13 Å². The lowest BCUT2D eigenvalue weighted by molar-refractivity contribution is -0.0606. The maximum atomic E-state index is 13.2. The van der Waals surface area contributed by atoms with Crippen LogP contribution in [-0.4, -0.2) is 69.2 Å². The van der Waals surface area contributed by atoms with Crippen LogP contribution in [0.5, 0.6) is 0 Å². The van der Waals surface area contributed by atoms with E-state index >= 15 is 0 Å². The lowest BCUT2D eigenvalue weighted by Gasteiger charge is -2.39. The minimum Gasteiger partial charge on any atom is -0.367 e. The Morgan fingerprint density at radius 1 is 1.30 bits per heavy atom. The molecule has 0 saturated carbocycles. The molecule has 1 aliphatic heterocycles. The van der Waals surface area contributed by atoms with E-state index in [2.05, 4.69) is 55.0 Å². The van der Waals surface area contributed by atoms with Gasteiger partial charge in [0, 0.05) is 26.7 Å². The fraction of sp³-hybridized carbons (Fsp3) is 0.650. The van der Waals surface area contributed by atoms with Crippen molar-refractivity contribution in [3.05, 3.63) is 35.6 Å². The normalized spacial score (nSPS) is 21.2. The predicted octanol–water partition coefficient (Wildman–Crippen LogP) is 3.37. The monoisotopic (exact) mass is 492 g/mol. The first-order valence-electron chi connectivity index (χ1n) is 9.21. The highest BCUT2D eigenvalue weighted by Gasteiger charge is 2.29. The van der Waals surface area contributed by atoms with Crippen LogP contribution in [0.15, 0.2) is 29.3 Å². The SMILES string of the molecule is CN=C(NCC(C)(C)CN(C)C)N1CC(C)OC(c2ccc(F)cc2)C1.I. The third-order valence-electron chi connectivity index (χ3n) is 4.48. The molecule has 1 heterocycles. The molecular formula is C20H34FIN4O. The number of guanidine groups is 1. The highest BCUT2D eigenvalue weighted by Crippen LogP contribution is 2.25. The van der Waals surface area contributed by atoms with Gasteiger partial charge in [0.25, 0.3) is 0 Å². The number of halogens is 2. The van der Waals surface area contributed by atoms with Crippen LogP contribution in [0.4, 0.5) is 4.39 Å². The van der Waals surface area contributed by atoms with Gasteiger partial charge in [-0.25, -0.2) is 4.39 Å². The largest absolute Gasteiger partial charge is 0.367 e. The molecule has 1 fully saturated rings. The molecule has 1 aromatic rings. The van der Waals surface area contributed by atoms with E-state index in [0.29, 0.717) is 6.54 Å². The molecule has 1 N–H and O–H groups in total. The molecule has 0 bridgehead atoms. The molecule has 2 atom stereocenters. The zero-order valence-corrected chi connectivity index (χ0v) is 19.7. The molecule has 2 rings (SSSR count). The van der Waals surface area contributed by atoms with Gasteiger partial charge in [-0.3, -0.25) is 4.99 Å². The molecule has 1 aliphatic rings. The van der Waals surface area contributed by atoms with E-state index in [0.717, 1.165) is 31.2 Å². The number of aliphatic imine (C=N–C) groups is 1. The van der Waals surface area contributed by atoms with Crippen LogP contribution in [0.2, 0.25) is 0 Å². The van der Waals surface area contributed by atoms with Gasteiger partial charge in [0.2, 0.25) is 0 Å². The van der Waals surface area contributed by atoms with E-state index in [1.54, 1.807) is 12.1 Å². The summed E-state index contributed by atoms with van der Waals surface area (Å²) in [4.78, 5) is 8.90. The molecule has 1 saturated heterocycles. The van der Waals surface area contributed by atoms with Crippen LogP contribution < -0.4 is 5.32 Å². The summed E-state index contributed by atoms with van der Waals surface area (Å²) < 4.78 is 19.3. The molecule has 27 heavy (non-hydrogen) atoms. The summed E-state index contributed by atoms with van der Waals surface area (Å²) in [5.74, 6) is 0.661. The summed E-state index contributed by atoms with van der Waals surface area (Å²) >= 11 is 0. The van der Waals surface area contributed by atoms with E-state index in [-0.39, 0.29) is 47.4 Å². The Morgan fingerprint density at radius 2 is 1.93 bits per heavy atom. The van der Waals surface area contributed by atoms with E-state index in [9.17, 15) is 4.39 Å². The van der Waals surface area contributed by atoms with Crippen LogP contribution in [0.1, 0.15) is 32.4 Å². The number of hydrogen-bond donors (Lipinski definition) is 1. The van der Waals surface area contributed by atoms with Crippen LogP contribution in [0, 0.1) is 11.2 Å². The number of nitrogens with zero attached hydrogens (tertiary/aromatic N) is 3. The van der Waals surface area contributed by atoms with Crippen LogP contribution in [0.25, 0.3) is 0 Å². The Bertz CT molecular complexity index is 607. The molecular weight excluding hydrogens is 458 g/mol. The molecule has 0 radical (unpaired) electrons. The quantitative estimate of drug-likeness (QED) is 0.389. The first-order valence-corrected chi connectivity index (χ1v) is 9.21. The second kappa shape index (κ2) is 10.6. The summed E-state index contributed by atoms with van der Waals surface area (Å²) in [7, 11) is 6.00. The molecule has 0 spiro atoms. The first kappa shape index (κ1) is 24.1. The number of ether oxygens (including phenoxy) is 1. The summed E-state index contributed by atoms with van der Waals surface area (Å²) in [6.45, 7) is 9.87. The van der Waals surface area contributed by atoms with Gasteiger partial charge in [0.05, 0.1) is 12.6 Å². The lowest BCUT2D eigenvalue weighted by Crippen LogP contribution is -2.52. The van der Waals surface area contributed by atoms with Gasteiger partial charge < -0.3 is 19.9 Å². The van der Waals surface area contributed by atoms with E-state index in [4.69, 9.17) is 4.74 Å². The number of nitrogens with one attached hydrogen (secondary N) is 1. The molecule has 1 aromatic carbocycles. The van der Waals surface area contributed by atoms with Gasteiger partial charge in [-0.1, -0.05) is 26.0 Å². The van der Waals surface area contributed by atoms with Gasteiger partial charge in [0.15, 0.2) is 5.96 Å². The van der Waals surface area contributed by atoms with Crippen LogP contribution >= 0.6 is 24.0 Å². The Balaban J connectivity index is 0.00000364.